The number of rotatable bonds is 6. The molecule has 0 saturated heterocycles. The van der Waals surface area contributed by atoms with Crippen LogP contribution in [0.1, 0.15) is 30.0 Å². The van der Waals surface area contributed by atoms with E-state index in [1.54, 1.807) is 11.3 Å². The van der Waals surface area contributed by atoms with Crippen LogP contribution in [-0.2, 0) is 6.54 Å². The van der Waals surface area contributed by atoms with Gasteiger partial charge >= 0.3 is 0 Å². The average Bonchev–Trinajstić information content (AvgIpc) is 2.97. The Morgan fingerprint density at radius 3 is 3.06 bits per heavy atom. The molecule has 0 bridgehead atoms. The number of nitrogens with one attached hydrogen (secondary N) is 1. The molecule has 0 aliphatic rings. The average molecular weight is 261 g/mol. The molecule has 2 rings (SSSR count). The fraction of sp³-hybridized carbons (Fsp3) is 0.357. The highest BCUT2D eigenvalue weighted by atomic mass is 32.1. The van der Waals surface area contributed by atoms with Crippen LogP contribution in [0.2, 0.25) is 0 Å². The van der Waals surface area contributed by atoms with Crippen molar-refractivity contribution in [3.05, 3.63) is 46.9 Å². The normalized spacial score (nSPS) is 12.3. The van der Waals surface area contributed by atoms with Crippen molar-refractivity contribution in [2.24, 2.45) is 0 Å². The van der Waals surface area contributed by atoms with Crippen molar-refractivity contribution < 1.29 is 0 Å². The Hall–Kier alpha value is -1.55. The maximum atomic E-state index is 4.54. The molecule has 18 heavy (non-hydrogen) atoms. The van der Waals surface area contributed by atoms with E-state index in [1.165, 1.54) is 4.88 Å². The van der Waals surface area contributed by atoms with Gasteiger partial charge in [-0.25, -0.2) is 4.98 Å². The maximum Gasteiger partial charge on any atom is 0.203 e. The summed E-state index contributed by atoms with van der Waals surface area (Å²) in [6, 6.07) is 4.58. The Morgan fingerprint density at radius 1 is 1.61 bits per heavy atom. The summed E-state index contributed by atoms with van der Waals surface area (Å²) in [4.78, 5) is 5.89. The summed E-state index contributed by atoms with van der Waals surface area (Å²) >= 11 is 1.78. The van der Waals surface area contributed by atoms with E-state index < -0.39 is 0 Å². The third-order valence-corrected chi connectivity index (χ3v) is 3.81. The number of anilines is 1. The number of hydrogen-bond acceptors (Lipinski definition) is 3. The summed E-state index contributed by atoms with van der Waals surface area (Å²) in [5.41, 5.74) is 1.03. The van der Waals surface area contributed by atoms with Crippen molar-refractivity contribution in [3.63, 3.8) is 0 Å². The van der Waals surface area contributed by atoms with E-state index in [4.69, 9.17) is 0 Å². The lowest BCUT2D eigenvalue weighted by Crippen LogP contribution is -2.12. The molecule has 4 heteroatoms. The van der Waals surface area contributed by atoms with E-state index in [0.29, 0.717) is 6.04 Å². The number of thiophene rings is 1. The highest BCUT2D eigenvalue weighted by molar-refractivity contribution is 7.10. The van der Waals surface area contributed by atoms with Crippen molar-refractivity contribution in [2.75, 3.05) is 5.32 Å². The van der Waals surface area contributed by atoms with Gasteiger partial charge in [-0.1, -0.05) is 19.1 Å². The zero-order chi connectivity index (χ0) is 13.0. The highest BCUT2D eigenvalue weighted by Gasteiger charge is 2.13. The lowest BCUT2D eigenvalue weighted by molar-refractivity contribution is 0.727. The molecular formula is C14H19N3S. The Bertz CT molecular complexity index is 499. The summed E-state index contributed by atoms with van der Waals surface area (Å²) in [5, 5.41) is 5.63. The SMILES string of the molecule is C=CCn1cc(C)nc1NC(CC)c1cccs1. The van der Waals surface area contributed by atoms with Crippen LogP contribution in [-0.4, -0.2) is 9.55 Å². The minimum Gasteiger partial charge on any atom is -0.348 e. The second-order valence-corrected chi connectivity index (χ2v) is 5.25. The van der Waals surface area contributed by atoms with E-state index in [2.05, 4.69) is 45.9 Å². The van der Waals surface area contributed by atoms with E-state index >= 15 is 0 Å². The Morgan fingerprint density at radius 2 is 2.44 bits per heavy atom. The molecule has 0 aromatic carbocycles. The fourth-order valence-electron chi connectivity index (χ4n) is 1.96. The van der Waals surface area contributed by atoms with Gasteiger partial charge in [-0.05, 0) is 24.8 Å². The molecule has 0 aliphatic carbocycles. The van der Waals surface area contributed by atoms with Gasteiger partial charge in [0, 0.05) is 17.6 Å². The van der Waals surface area contributed by atoms with Gasteiger partial charge in [0.1, 0.15) is 0 Å². The van der Waals surface area contributed by atoms with Crippen LogP contribution < -0.4 is 5.32 Å². The lowest BCUT2D eigenvalue weighted by Gasteiger charge is -2.16. The first-order valence-corrected chi connectivity index (χ1v) is 7.07. The molecule has 0 amide bonds. The number of allylic oxidation sites excluding steroid dienone is 1. The Labute approximate surface area is 112 Å². The molecule has 0 fully saturated rings. The van der Waals surface area contributed by atoms with E-state index in [0.717, 1.165) is 24.6 Å². The molecule has 2 aromatic heterocycles. The van der Waals surface area contributed by atoms with Crippen LogP contribution in [0.3, 0.4) is 0 Å². The standard InChI is InChI=1S/C14H19N3S/c1-4-8-17-10-11(3)15-14(17)16-12(5-2)13-7-6-9-18-13/h4,6-7,9-10,12H,1,5,8H2,2-3H3,(H,15,16). The molecule has 0 saturated carbocycles. The first kappa shape index (κ1) is 12.9. The van der Waals surface area contributed by atoms with Crippen molar-refractivity contribution in [2.45, 2.75) is 32.9 Å². The minimum absolute atomic E-state index is 0.329. The predicted molar refractivity (Wildman–Crippen MR) is 78.1 cm³/mol. The first-order valence-electron chi connectivity index (χ1n) is 6.19. The zero-order valence-electron chi connectivity index (χ0n) is 10.9. The number of hydrogen-bond donors (Lipinski definition) is 1. The van der Waals surface area contributed by atoms with Crippen LogP contribution >= 0.6 is 11.3 Å². The minimum atomic E-state index is 0.329. The predicted octanol–water partition coefficient (Wildman–Crippen LogP) is 4.00. The lowest BCUT2D eigenvalue weighted by atomic mass is 10.2. The Kier molecular flexibility index (Phi) is 4.20. The van der Waals surface area contributed by atoms with E-state index in [-0.39, 0.29) is 0 Å². The van der Waals surface area contributed by atoms with Crippen molar-refractivity contribution >= 4 is 17.3 Å². The smallest absolute Gasteiger partial charge is 0.203 e. The molecule has 3 nitrogen and oxygen atoms in total. The van der Waals surface area contributed by atoms with Crippen LogP contribution in [0.15, 0.2) is 36.4 Å². The molecule has 0 radical (unpaired) electrons. The van der Waals surface area contributed by atoms with Crippen molar-refractivity contribution in [1.29, 1.82) is 0 Å². The van der Waals surface area contributed by atoms with Gasteiger partial charge in [-0.2, -0.15) is 0 Å². The fourth-order valence-corrected chi connectivity index (χ4v) is 2.82. The summed E-state index contributed by atoms with van der Waals surface area (Å²) < 4.78 is 2.10. The monoisotopic (exact) mass is 261 g/mol. The summed E-state index contributed by atoms with van der Waals surface area (Å²) in [7, 11) is 0. The van der Waals surface area contributed by atoms with Crippen molar-refractivity contribution in [3.8, 4) is 0 Å². The van der Waals surface area contributed by atoms with E-state index in [9.17, 15) is 0 Å². The van der Waals surface area contributed by atoms with Crippen LogP contribution in [0.25, 0.3) is 0 Å². The second-order valence-electron chi connectivity index (χ2n) is 4.27. The summed E-state index contributed by atoms with van der Waals surface area (Å²) in [5.74, 6) is 0.924. The third-order valence-electron chi connectivity index (χ3n) is 2.82. The van der Waals surface area contributed by atoms with Gasteiger partial charge in [0.15, 0.2) is 0 Å². The molecule has 1 unspecified atom stereocenters. The third kappa shape index (κ3) is 2.82. The van der Waals surface area contributed by atoms with Crippen molar-refractivity contribution in [1.82, 2.24) is 9.55 Å². The van der Waals surface area contributed by atoms with Gasteiger partial charge in [-0.15, -0.1) is 17.9 Å². The van der Waals surface area contributed by atoms with Gasteiger partial charge in [0.05, 0.1) is 11.7 Å². The molecule has 1 N–H and O–H groups in total. The summed E-state index contributed by atoms with van der Waals surface area (Å²) in [6.45, 7) is 8.76. The molecular weight excluding hydrogens is 242 g/mol. The molecule has 0 spiro atoms. The Balaban J connectivity index is 2.19. The number of imidazole rings is 1. The highest BCUT2D eigenvalue weighted by Crippen LogP contribution is 2.25. The number of aromatic nitrogens is 2. The van der Waals surface area contributed by atoms with Gasteiger partial charge < -0.3 is 9.88 Å². The molecule has 2 heterocycles. The quantitative estimate of drug-likeness (QED) is 0.796. The van der Waals surface area contributed by atoms with Crippen LogP contribution in [0.4, 0.5) is 5.95 Å². The van der Waals surface area contributed by atoms with Crippen LogP contribution in [0, 0.1) is 6.92 Å². The van der Waals surface area contributed by atoms with Gasteiger partial charge in [0.2, 0.25) is 5.95 Å². The van der Waals surface area contributed by atoms with Crippen LogP contribution in [0.5, 0.6) is 0 Å². The zero-order valence-corrected chi connectivity index (χ0v) is 11.7. The van der Waals surface area contributed by atoms with Gasteiger partial charge in [0.25, 0.3) is 0 Å². The second kappa shape index (κ2) is 5.87. The summed E-state index contributed by atoms with van der Waals surface area (Å²) in [6.07, 6.45) is 4.98. The maximum absolute atomic E-state index is 4.54. The first-order chi connectivity index (χ1) is 8.74. The topological polar surface area (TPSA) is 29.9 Å². The van der Waals surface area contributed by atoms with E-state index in [1.807, 2.05) is 19.2 Å². The molecule has 1 atom stereocenters. The molecule has 2 aromatic rings. The number of nitrogens with zero attached hydrogens (tertiary/aromatic N) is 2. The molecule has 0 aliphatic heterocycles. The number of aryl methyl sites for hydroxylation is 1. The largest absolute Gasteiger partial charge is 0.348 e. The molecule has 96 valence electrons. The van der Waals surface area contributed by atoms with Gasteiger partial charge in [-0.3, -0.25) is 0 Å².